The van der Waals surface area contributed by atoms with E-state index in [-0.39, 0.29) is 0 Å². The van der Waals surface area contributed by atoms with Gasteiger partial charge in [-0.05, 0) is 35.4 Å². The lowest BCUT2D eigenvalue weighted by atomic mass is 10.0. The molecule has 17 heavy (non-hydrogen) atoms. The van der Waals surface area contributed by atoms with Crippen molar-refractivity contribution in [2.45, 2.75) is 46.7 Å². The van der Waals surface area contributed by atoms with Gasteiger partial charge in [-0.2, -0.15) is 0 Å². The van der Waals surface area contributed by atoms with Crippen molar-refractivity contribution in [3.63, 3.8) is 0 Å². The van der Waals surface area contributed by atoms with Crippen molar-refractivity contribution in [2.24, 2.45) is 10.8 Å². The molecular formula is C15H22ClN. The summed E-state index contributed by atoms with van der Waals surface area (Å²) in [4.78, 5) is 0. The largest absolute Gasteiger partial charge is 0.306 e. The lowest BCUT2D eigenvalue weighted by Crippen LogP contribution is -2.25. The van der Waals surface area contributed by atoms with Crippen molar-refractivity contribution in [3.05, 3.63) is 34.9 Å². The zero-order valence-corrected chi connectivity index (χ0v) is 12.1. The van der Waals surface area contributed by atoms with Crippen molar-refractivity contribution in [2.75, 3.05) is 0 Å². The second-order valence-electron chi connectivity index (χ2n) is 6.32. The van der Waals surface area contributed by atoms with Crippen LogP contribution in [-0.2, 0) is 0 Å². The smallest absolute Gasteiger partial charge is 0.0406 e. The zero-order chi connectivity index (χ0) is 12.8. The molecule has 0 heterocycles. The van der Waals surface area contributed by atoms with Crippen LogP contribution in [0.2, 0.25) is 5.02 Å². The number of rotatable bonds is 3. The molecule has 0 aliphatic heterocycles. The highest BCUT2D eigenvalue weighted by molar-refractivity contribution is 6.30. The van der Waals surface area contributed by atoms with Crippen molar-refractivity contribution in [3.8, 4) is 0 Å². The number of hydrogen-bond acceptors (Lipinski definition) is 1. The van der Waals surface area contributed by atoms with Gasteiger partial charge in [-0.1, -0.05) is 51.4 Å². The maximum absolute atomic E-state index is 5.90. The van der Waals surface area contributed by atoms with Gasteiger partial charge in [0.1, 0.15) is 0 Å². The summed E-state index contributed by atoms with van der Waals surface area (Å²) in [7, 11) is 0. The summed E-state index contributed by atoms with van der Waals surface area (Å²) < 4.78 is 0. The van der Waals surface area contributed by atoms with Crippen LogP contribution < -0.4 is 5.32 Å². The minimum atomic E-state index is 0.373. The minimum absolute atomic E-state index is 0.373. The fourth-order valence-corrected chi connectivity index (χ4v) is 2.84. The third kappa shape index (κ3) is 2.11. The first-order chi connectivity index (χ1) is 7.76. The molecule has 1 aromatic rings. The van der Waals surface area contributed by atoms with Gasteiger partial charge in [-0.25, -0.2) is 0 Å². The highest BCUT2D eigenvalue weighted by Gasteiger charge is 2.64. The van der Waals surface area contributed by atoms with Gasteiger partial charge in [0.15, 0.2) is 0 Å². The Labute approximate surface area is 110 Å². The Hall–Kier alpha value is -0.530. The molecule has 0 aromatic heterocycles. The molecule has 1 atom stereocenters. The van der Waals surface area contributed by atoms with E-state index in [0.29, 0.717) is 22.9 Å². The van der Waals surface area contributed by atoms with Crippen LogP contribution >= 0.6 is 11.6 Å². The molecule has 0 bridgehead atoms. The van der Waals surface area contributed by atoms with Crippen LogP contribution in [0.25, 0.3) is 0 Å². The minimum Gasteiger partial charge on any atom is -0.306 e. The van der Waals surface area contributed by atoms with Crippen LogP contribution in [0.1, 0.15) is 46.2 Å². The van der Waals surface area contributed by atoms with E-state index in [9.17, 15) is 0 Å². The van der Waals surface area contributed by atoms with Crippen LogP contribution in [0.4, 0.5) is 0 Å². The Bertz CT molecular complexity index is 391. The molecule has 1 N–H and O–H groups in total. The summed E-state index contributed by atoms with van der Waals surface area (Å²) in [6.45, 7) is 11.5. The third-order valence-electron chi connectivity index (χ3n) is 4.81. The normalized spacial score (nSPS) is 23.4. The Balaban J connectivity index is 2.04. The van der Waals surface area contributed by atoms with Crippen molar-refractivity contribution < 1.29 is 0 Å². The summed E-state index contributed by atoms with van der Waals surface area (Å²) in [5.41, 5.74) is 2.06. The van der Waals surface area contributed by atoms with Crippen LogP contribution in [-0.4, -0.2) is 6.04 Å². The molecule has 2 rings (SSSR count). The Morgan fingerprint density at radius 1 is 1.06 bits per heavy atom. The van der Waals surface area contributed by atoms with E-state index in [1.807, 2.05) is 12.1 Å². The third-order valence-corrected chi connectivity index (χ3v) is 5.06. The number of benzene rings is 1. The van der Waals surface area contributed by atoms with Gasteiger partial charge < -0.3 is 5.32 Å². The molecule has 0 spiro atoms. The topological polar surface area (TPSA) is 12.0 Å². The maximum Gasteiger partial charge on any atom is 0.0406 e. The quantitative estimate of drug-likeness (QED) is 0.838. The molecule has 1 aromatic carbocycles. The van der Waals surface area contributed by atoms with Gasteiger partial charge in [0.2, 0.25) is 0 Å². The highest BCUT2D eigenvalue weighted by atomic mass is 35.5. The predicted octanol–water partition coefficient (Wildman–Crippen LogP) is 4.43. The summed E-state index contributed by atoms with van der Waals surface area (Å²) in [6, 6.07) is 9.07. The Kier molecular flexibility index (Phi) is 3.04. The second kappa shape index (κ2) is 4.00. The van der Waals surface area contributed by atoms with Gasteiger partial charge in [0.05, 0.1) is 0 Å². The van der Waals surface area contributed by atoms with Crippen molar-refractivity contribution >= 4 is 11.6 Å². The van der Waals surface area contributed by atoms with Gasteiger partial charge in [-0.3, -0.25) is 0 Å². The zero-order valence-electron chi connectivity index (χ0n) is 11.3. The van der Waals surface area contributed by atoms with E-state index in [0.717, 1.165) is 5.02 Å². The average Bonchev–Trinajstić information content (AvgIpc) is 2.62. The Morgan fingerprint density at radius 3 is 1.94 bits per heavy atom. The van der Waals surface area contributed by atoms with Crippen molar-refractivity contribution in [1.29, 1.82) is 0 Å². The standard InChI is InChI=1S/C15H22ClN/c1-10(11-6-8-12(16)9-7-11)17-13-14(2,3)15(13,4)5/h6-10,13,17H,1-5H3. The fraction of sp³-hybridized carbons (Fsp3) is 0.600. The van der Waals surface area contributed by atoms with Gasteiger partial charge in [-0.15, -0.1) is 0 Å². The summed E-state index contributed by atoms with van der Waals surface area (Å²) in [5.74, 6) is 0. The van der Waals surface area contributed by atoms with E-state index in [1.165, 1.54) is 5.56 Å². The molecule has 1 saturated carbocycles. The van der Waals surface area contributed by atoms with Gasteiger partial charge in [0.25, 0.3) is 0 Å². The van der Waals surface area contributed by atoms with Crippen LogP contribution in [0, 0.1) is 10.8 Å². The fourth-order valence-electron chi connectivity index (χ4n) is 2.71. The molecule has 0 saturated heterocycles. The van der Waals surface area contributed by atoms with Crippen LogP contribution in [0.3, 0.4) is 0 Å². The van der Waals surface area contributed by atoms with Gasteiger partial charge in [0, 0.05) is 17.1 Å². The average molecular weight is 252 g/mol. The molecule has 1 aliphatic rings. The predicted molar refractivity (Wildman–Crippen MR) is 74.4 cm³/mol. The first kappa shape index (κ1) is 12.9. The lowest BCUT2D eigenvalue weighted by molar-refractivity contribution is 0.457. The second-order valence-corrected chi connectivity index (χ2v) is 6.75. The van der Waals surface area contributed by atoms with E-state index in [4.69, 9.17) is 11.6 Å². The molecule has 1 aliphatic carbocycles. The van der Waals surface area contributed by atoms with E-state index in [2.05, 4.69) is 52.1 Å². The number of halogens is 1. The first-order valence-electron chi connectivity index (χ1n) is 6.28. The lowest BCUT2D eigenvalue weighted by Gasteiger charge is -2.16. The van der Waals surface area contributed by atoms with Crippen LogP contribution in [0.15, 0.2) is 24.3 Å². The monoisotopic (exact) mass is 251 g/mol. The highest BCUT2D eigenvalue weighted by Crippen LogP contribution is 2.63. The maximum atomic E-state index is 5.90. The number of hydrogen-bond donors (Lipinski definition) is 1. The van der Waals surface area contributed by atoms with E-state index < -0.39 is 0 Å². The van der Waals surface area contributed by atoms with Gasteiger partial charge >= 0.3 is 0 Å². The summed E-state index contributed by atoms with van der Waals surface area (Å²) in [6.07, 6.45) is 0. The molecule has 0 radical (unpaired) electrons. The molecule has 1 fully saturated rings. The van der Waals surface area contributed by atoms with E-state index >= 15 is 0 Å². The van der Waals surface area contributed by atoms with Crippen LogP contribution in [0.5, 0.6) is 0 Å². The summed E-state index contributed by atoms with van der Waals surface area (Å²) >= 11 is 5.90. The molecule has 2 heteroatoms. The molecule has 1 nitrogen and oxygen atoms in total. The Morgan fingerprint density at radius 2 is 1.53 bits per heavy atom. The van der Waals surface area contributed by atoms with Crippen molar-refractivity contribution in [1.82, 2.24) is 5.32 Å². The SMILES string of the molecule is CC(NC1C(C)(C)C1(C)C)c1ccc(Cl)cc1. The molecule has 94 valence electrons. The number of nitrogens with one attached hydrogen (secondary N) is 1. The van der Waals surface area contributed by atoms with E-state index in [1.54, 1.807) is 0 Å². The molecule has 1 unspecified atom stereocenters. The molecular weight excluding hydrogens is 230 g/mol. The summed E-state index contributed by atoms with van der Waals surface area (Å²) in [5, 5.41) is 4.53. The first-order valence-corrected chi connectivity index (χ1v) is 6.66. The molecule has 0 amide bonds.